The summed E-state index contributed by atoms with van der Waals surface area (Å²) < 4.78 is 31.0. The smallest absolute Gasteiger partial charge is 0.274 e. The lowest BCUT2D eigenvalue weighted by atomic mass is 10.1. The van der Waals surface area contributed by atoms with Gasteiger partial charge in [0.2, 0.25) is 5.88 Å². The van der Waals surface area contributed by atoms with E-state index >= 15 is 0 Å². The summed E-state index contributed by atoms with van der Waals surface area (Å²) in [7, 11) is 0. The maximum atomic E-state index is 13.1. The lowest BCUT2D eigenvalue weighted by molar-refractivity contribution is 0.0794. The molecule has 31 heavy (non-hydrogen) atoms. The Balaban J connectivity index is 2.05. The van der Waals surface area contributed by atoms with Crippen LogP contribution < -0.4 is 15.8 Å². The van der Waals surface area contributed by atoms with E-state index in [4.69, 9.17) is 33.7 Å². The molecule has 8 nitrogen and oxygen atoms in total. The van der Waals surface area contributed by atoms with Crippen molar-refractivity contribution in [2.24, 2.45) is 5.73 Å². The van der Waals surface area contributed by atoms with E-state index in [0.29, 0.717) is 5.56 Å². The number of hydrogen-bond donors (Lipinski definition) is 2. The van der Waals surface area contributed by atoms with Gasteiger partial charge in [-0.1, -0.05) is 23.2 Å². The summed E-state index contributed by atoms with van der Waals surface area (Å²) in [6.07, 6.45) is -1.32. The zero-order valence-electron chi connectivity index (χ0n) is 15.9. The van der Waals surface area contributed by atoms with Crippen LogP contribution in [0.25, 0.3) is 5.82 Å². The van der Waals surface area contributed by atoms with Crippen LogP contribution in [0.5, 0.6) is 5.88 Å². The molecule has 3 rings (SSSR count). The lowest BCUT2D eigenvalue weighted by Gasteiger charge is -2.13. The van der Waals surface area contributed by atoms with Crippen LogP contribution in [0.15, 0.2) is 36.5 Å². The number of aromatic nitrogens is 3. The molecule has 3 aromatic rings. The van der Waals surface area contributed by atoms with E-state index in [1.807, 2.05) is 0 Å². The molecule has 0 saturated carbocycles. The summed E-state index contributed by atoms with van der Waals surface area (Å²) in [5.74, 6) is -1.71. The molecule has 2 aromatic heterocycles. The van der Waals surface area contributed by atoms with Crippen molar-refractivity contribution >= 4 is 40.7 Å². The van der Waals surface area contributed by atoms with Gasteiger partial charge in [-0.25, -0.2) is 18.4 Å². The third-order valence-electron chi connectivity index (χ3n) is 4.02. The molecule has 0 aliphatic rings. The first-order chi connectivity index (χ1) is 14.7. The number of rotatable bonds is 7. The summed E-state index contributed by atoms with van der Waals surface area (Å²) >= 11 is 12.1. The number of amides is 2. The fourth-order valence-corrected chi connectivity index (χ4v) is 3.19. The first kappa shape index (κ1) is 22.4. The highest BCUT2D eigenvalue weighted by Gasteiger charge is 2.23. The van der Waals surface area contributed by atoms with E-state index in [1.54, 1.807) is 13.0 Å². The largest absolute Gasteiger partial charge is 0.471 e. The Bertz CT molecular complexity index is 1150. The van der Waals surface area contributed by atoms with Gasteiger partial charge >= 0.3 is 0 Å². The Kier molecular flexibility index (Phi) is 6.71. The molecule has 0 saturated heterocycles. The van der Waals surface area contributed by atoms with E-state index in [-0.39, 0.29) is 38.7 Å². The van der Waals surface area contributed by atoms with Crippen LogP contribution in [0.4, 0.5) is 14.5 Å². The number of nitrogens with one attached hydrogen (secondary N) is 1. The van der Waals surface area contributed by atoms with Gasteiger partial charge in [-0.2, -0.15) is 0 Å². The van der Waals surface area contributed by atoms with Crippen molar-refractivity contribution in [3.63, 3.8) is 0 Å². The van der Waals surface area contributed by atoms with E-state index in [2.05, 4.69) is 15.4 Å². The molecule has 0 aliphatic heterocycles. The number of alkyl halides is 2. The van der Waals surface area contributed by atoms with E-state index in [0.717, 1.165) is 10.7 Å². The minimum atomic E-state index is -2.74. The fourth-order valence-electron chi connectivity index (χ4n) is 2.72. The number of hydrogen-bond acceptors (Lipinski definition) is 5. The van der Waals surface area contributed by atoms with E-state index in [1.165, 1.54) is 24.4 Å². The average Bonchev–Trinajstić information content (AvgIpc) is 3.12. The van der Waals surface area contributed by atoms with Crippen molar-refractivity contribution in [1.29, 1.82) is 0 Å². The number of anilines is 1. The summed E-state index contributed by atoms with van der Waals surface area (Å²) in [4.78, 5) is 28.9. The summed E-state index contributed by atoms with van der Waals surface area (Å²) in [6.45, 7) is 0.703. The second-order valence-electron chi connectivity index (χ2n) is 6.25. The quantitative estimate of drug-likeness (QED) is 0.545. The molecule has 2 amide bonds. The van der Waals surface area contributed by atoms with Gasteiger partial charge in [-0.3, -0.25) is 9.59 Å². The van der Waals surface area contributed by atoms with Crippen molar-refractivity contribution in [2.75, 3.05) is 11.9 Å². The summed E-state index contributed by atoms with van der Waals surface area (Å²) in [6, 6.07) is 7.09. The number of nitrogens with zero attached hydrogens (tertiary/aromatic N) is 3. The highest BCUT2D eigenvalue weighted by atomic mass is 35.5. The number of nitrogens with two attached hydrogens (primary N) is 1. The SMILES string of the molecule is Cc1cc(Cl)cc(C(N)=O)c1NC(=O)c1cc(OCC(F)F)nn1-c1ncccc1Cl. The van der Waals surface area contributed by atoms with Crippen LogP contribution in [-0.4, -0.2) is 39.6 Å². The zero-order valence-corrected chi connectivity index (χ0v) is 17.4. The second-order valence-corrected chi connectivity index (χ2v) is 7.10. The number of benzene rings is 1. The number of halogens is 4. The monoisotopic (exact) mass is 469 g/mol. The first-order valence-corrected chi connectivity index (χ1v) is 9.46. The van der Waals surface area contributed by atoms with Gasteiger partial charge in [0.25, 0.3) is 18.2 Å². The van der Waals surface area contributed by atoms with Gasteiger partial charge in [0.15, 0.2) is 12.4 Å². The summed E-state index contributed by atoms with van der Waals surface area (Å²) in [5.41, 5.74) is 5.87. The molecular formula is C19H15Cl2F2N5O3. The molecule has 162 valence electrons. The van der Waals surface area contributed by atoms with Crippen molar-refractivity contribution in [2.45, 2.75) is 13.3 Å². The zero-order chi connectivity index (χ0) is 22.7. The average molecular weight is 470 g/mol. The van der Waals surface area contributed by atoms with Gasteiger partial charge in [0, 0.05) is 17.3 Å². The predicted octanol–water partition coefficient (Wildman–Crippen LogP) is 3.88. The fraction of sp³-hybridized carbons (Fsp3) is 0.158. The van der Waals surface area contributed by atoms with Crippen LogP contribution in [-0.2, 0) is 0 Å². The Morgan fingerprint density at radius 1 is 1.29 bits per heavy atom. The molecule has 12 heteroatoms. The van der Waals surface area contributed by atoms with Crippen LogP contribution in [0.1, 0.15) is 26.4 Å². The van der Waals surface area contributed by atoms with Gasteiger partial charge in [-0.15, -0.1) is 5.10 Å². The maximum Gasteiger partial charge on any atom is 0.274 e. The molecule has 0 aliphatic carbocycles. The summed E-state index contributed by atoms with van der Waals surface area (Å²) in [5, 5.41) is 7.00. The number of carbonyl (C=O) groups excluding carboxylic acids is 2. The molecule has 0 radical (unpaired) electrons. The molecule has 3 N–H and O–H groups in total. The molecule has 2 heterocycles. The van der Waals surface area contributed by atoms with Crippen molar-refractivity contribution < 1.29 is 23.1 Å². The molecule has 0 spiro atoms. The highest BCUT2D eigenvalue weighted by Crippen LogP contribution is 2.27. The Morgan fingerprint density at radius 2 is 2.03 bits per heavy atom. The molecule has 0 unspecified atom stereocenters. The molecule has 0 fully saturated rings. The Labute approximate surface area is 184 Å². The number of aryl methyl sites for hydroxylation is 1. The molecule has 0 bridgehead atoms. The predicted molar refractivity (Wildman–Crippen MR) is 111 cm³/mol. The number of pyridine rings is 1. The van der Waals surface area contributed by atoms with Crippen LogP contribution in [0.3, 0.4) is 0 Å². The van der Waals surface area contributed by atoms with Gasteiger partial charge < -0.3 is 15.8 Å². The maximum absolute atomic E-state index is 13.1. The Morgan fingerprint density at radius 3 is 2.68 bits per heavy atom. The van der Waals surface area contributed by atoms with Gasteiger partial charge in [0.1, 0.15) is 5.69 Å². The van der Waals surface area contributed by atoms with Crippen molar-refractivity contribution in [3.8, 4) is 11.7 Å². The first-order valence-electron chi connectivity index (χ1n) is 8.70. The lowest BCUT2D eigenvalue weighted by Crippen LogP contribution is -2.21. The minimum absolute atomic E-state index is 0.00513. The topological polar surface area (TPSA) is 112 Å². The van der Waals surface area contributed by atoms with E-state index < -0.39 is 24.8 Å². The second kappa shape index (κ2) is 9.27. The standard InChI is InChI=1S/C19H15Cl2F2N5O3/c1-9-5-10(20)6-11(17(24)29)16(9)26-19(30)13-7-15(31-8-14(22)23)27-28(13)18-12(21)3-2-4-25-18/h2-7,14H,8H2,1H3,(H2,24,29)(H,26,30). The molecule has 1 aromatic carbocycles. The third kappa shape index (κ3) is 5.09. The highest BCUT2D eigenvalue weighted by molar-refractivity contribution is 6.32. The van der Waals surface area contributed by atoms with Crippen molar-refractivity contribution in [1.82, 2.24) is 14.8 Å². The Hall–Kier alpha value is -3.24. The number of ether oxygens (including phenoxy) is 1. The van der Waals surface area contributed by atoms with Crippen molar-refractivity contribution in [3.05, 3.63) is 63.4 Å². The van der Waals surface area contributed by atoms with Gasteiger partial charge in [-0.05, 0) is 36.8 Å². The number of primary amides is 1. The van der Waals surface area contributed by atoms with Crippen LogP contribution in [0, 0.1) is 6.92 Å². The van der Waals surface area contributed by atoms with Crippen LogP contribution in [0.2, 0.25) is 10.0 Å². The normalized spacial score (nSPS) is 10.9. The van der Waals surface area contributed by atoms with Gasteiger partial charge in [0.05, 0.1) is 16.3 Å². The minimum Gasteiger partial charge on any atom is -0.471 e. The molecule has 0 atom stereocenters. The molecular weight excluding hydrogens is 455 g/mol. The third-order valence-corrected chi connectivity index (χ3v) is 4.53. The number of carbonyl (C=O) groups is 2. The van der Waals surface area contributed by atoms with E-state index in [9.17, 15) is 18.4 Å². The van der Waals surface area contributed by atoms with Crippen LogP contribution >= 0.6 is 23.2 Å².